The van der Waals surface area contributed by atoms with Gasteiger partial charge in [0.15, 0.2) is 5.13 Å². The van der Waals surface area contributed by atoms with E-state index in [9.17, 15) is 4.79 Å². The lowest BCUT2D eigenvalue weighted by atomic mass is 10.1. The van der Waals surface area contributed by atoms with Crippen molar-refractivity contribution in [1.82, 2.24) is 14.9 Å². The second-order valence-electron chi connectivity index (χ2n) is 5.53. The van der Waals surface area contributed by atoms with Gasteiger partial charge in [0.2, 0.25) is 5.91 Å². The van der Waals surface area contributed by atoms with Crippen LogP contribution in [0.1, 0.15) is 29.5 Å². The normalized spacial score (nSPS) is 17.5. The van der Waals surface area contributed by atoms with E-state index >= 15 is 0 Å². The van der Waals surface area contributed by atoms with Crippen LogP contribution in [-0.2, 0) is 9.53 Å². The van der Waals surface area contributed by atoms with Crippen LogP contribution in [0.2, 0.25) is 0 Å². The molecule has 7 heteroatoms. The molecule has 2 aromatic rings. The summed E-state index contributed by atoms with van der Waals surface area (Å²) in [5.74, 6) is 0.772. The number of pyridine rings is 1. The van der Waals surface area contributed by atoms with Crippen LogP contribution in [-0.4, -0.2) is 41.0 Å². The van der Waals surface area contributed by atoms with Crippen molar-refractivity contribution in [1.29, 1.82) is 0 Å². The smallest absolute Gasteiger partial charge is 0.249 e. The Morgan fingerprint density at radius 1 is 1.52 bits per heavy atom. The number of thiazole rings is 1. The third-order valence-corrected chi connectivity index (χ3v) is 4.64. The molecule has 1 aliphatic heterocycles. The minimum atomic E-state index is 0.0192. The third kappa shape index (κ3) is 3.68. The average Bonchev–Trinajstić information content (AvgIpc) is 3.17. The van der Waals surface area contributed by atoms with E-state index < -0.39 is 0 Å². The number of nitrogens with one attached hydrogen (secondary N) is 1. The van der Waals surface area contributed by atoms with E-state index in [1.54, 1.807) is 18.4 Å². The van der Waals surface area contributed by atoms with Crippen molar-refractivity contribution >= 4 is 28.2 Å². The molecule has 3 heterocycles. The molecule has 2 aromatic heterocycles. The zero-order valence-corrected chi connectivity index (χ0v) is 14.1. The maximum absolute atomic E-state index is 12.2. The van der Waals surface area contributed by atoms with Crippen LogP contribution in [0, 0.1) is 6.92 Å². The van der Waals surface area contributed by atoms with Crippen molar-refractivity contribution < 1.29 is 9.53 Å². The highest BCUT2D eigenvalue weighted by molar-refractivity contribution is 7.15. The first-order valence-electron chi connectivity index (χ1n) is 7.62. The van der Waals surface area contributed by atoms with Gasteiger partial charge < -0.3 is 15.0 Å². The van der Waals surface area contributed by atoms with Gasteiger partial charge in [-0.3, -0.25) is 4.79 Å². The number of hydrogen-bond acceptors (Lipinski definition) is 6. The zero-order valence-electron chi connectivity index (χ0n) is 13.3. The molecule has 0 aliphatic carbocycles. The topological polar surface area (TPSA) is 67.3 Å². The van der Waals surface area contributed by atoms with Gasteiger partial charge in [-0.15, -0.1) is 11.3 Å². The summed E-state index contributed by atoms with van der Waals surface area (Å²) in [5.41, 5.74) is 0.908. The maximum Gasteiger partial charge on any atom is 0.249 e. The summed E-state index contributed by atoms with van der Waals surface area (Å²) in [6.45, 7) is 2.90. The van der Waals surface area contributed by atoms with Crippen molar-refractivity contribution in [3.05, 3.63) is 35.0 Å². The minimum absolute atomic E-state index is 0.0192. The molecule has 122 valence electrons. The minimum Gasteiger partial charge on any atom is -0.375 e. The Morgan fingerprint density at radius 2 is 2.39 bits per heavy atom. The zero-order chi connectivity index (χ0) is 16.2. The van der Waals surface area contributed by atoms with E-state index in [-0.39, 0.29) is 18.6 Å². The van der Waals surface area contributed by atoms with Crippen LogP contribution < -0.4 is 5.32 Å². The summed E-state index contributed by atoms with van der Waals surface area (Å²) in [7, 11) is 1.54. The molecule has 0 spiro atoms. The number of aryl methyl sites for hydroxylation is 1. The molecule has 0 saturated carbocycles. The first-order valence-corrected chi connectivity index (χ1v) is 8.44. The lowest BCUT2D eigenvalue weighted by Gasteiger charge is -2.24. The molecule has 1 fully saturated rings. The Morgan fingerprint density at radius 3 is 3.13 bits per heavy atom. The van der Waals surface area contributed by atoms with E-state index in [4.69, 9.17) is 4.74 Å². The lowest BCUT2D eigenvalue weighted by Crippen LogP contribution is -2.33. The van der Waals surface area contributed by atoms with Crippen LogP contribution in [0.3, 0.4) is 0 Å². The van der Waals surface area contributed by atoms with Gasteiger partial charge in [-0.2, -0.15) is 0 Å². The number of likely N-dealkylation sites (tertiary alicyclic amines) is 1. The van der Waals surface area contributed by atoms with Gasteiger partial charge in [0.25, 0.3) is 0 Å². The van der Waals surface area contributed by atoms with E-state index in [1.807, 2.05) is 36.2 Å². The van der Waals surface area contributed by atoms with E-state index in [2.05, 4.69) is 15.3 Å². The fourth-order valence-corrected chi connectivity index (χ4v) is 3.48. The molecule has 1 amide bonds. The van der Waals surface area contributed by atoms with Gasteiger partial charge in [0.1, 0.15) is 12.4 Å². The number of amides is 1. The van der Waals surface area contributed by atoms with Crippen LogP contribution in [0.15, 0.2) is 24.4 Å². The van der Waals surface area contributed by atoms with Crippen molar-refractivity contribution in [3.63, 3.8) is 0 Å². The van der Waals surface area contributed by atoms with E-state index in [1.165, 1.54) is 0 Å². The number of anilines is 2. The molecule has 23 heavy (non-hydrogen) atoms. The molecular formula is C16H20N4O2S. The van der Waals surface area contributed by atoms with Crippen molar-refractivity contribution in [2.24, 2.45) is 0 Å². The Kier molecular flexibility index (Phi) is 4.88. The number of methoxy groups -OCH3 is 1. The second kappa shape index (κ2) is 7.06. The second-order valence-corrected chi connectivity index (χ2v) is 6.76. The highest BCUT2D eigenvalue weighted by Crippen LogP contribution is 2.32. The Hall–Kier alpha value is -1.99. The largest absolute Gasteiger partial charge is 0.375 e. The molecular weight excluding hydrogens is 312 g/mol. The molecule has 1 saturated heterocycles. The first-order chi connectivity index (χ1) is 11.2. The number of rotatable bonds is 5. The van der Waals surface area contributed by atoms with Crippen LogP contribution in [0.25, 0.3) is 0 Å². The third-order valence-electron chi connectivity index (χ3n) is 3.81. The van der Waals surface area contributed by atoms with Gasteiger partial charge in [0, 0.05) is 24.7 Å². The summed E-state index contributed by atoms with van der Waals surface area (Å²) in [4.78, 5) is 24.1. The highest BCUT2D eigenvalue weighted by atomic mass is 32.1. The molecule has 1 aliphatic rings. The van der Waals surface area contributed by atoms with Crippen molar-refractivity contribution in [2.45, 2.75) is 25.8 Å². The highest BCUT2D eigenvalue weighted by Gasteiger charge is 2.30. The molecule has 6 nitrogen and oxygen atoms in total. The monoisotopic (exact) mass is 332 g/mol. The van der Waals surface area contributed by atoms with Gasteiger partial charge in [0.05, 0.1) is 11.7 Å². The number of ether oxygens (including phenoxy) is 1. The van der Waals surface area contributed by atoms with Crippen LogP contribution >= 0.6 is 11.3 Å². The van der Waals surface area contributed by atoms with Gasteiger partial charge in [-0.1, -0.05) is 6.07 Å². The van der Waals surface area contributed by atoms with Gasteiger partial charge in [-0.05, 0) is 31.9 Å². The Labute approximate surface area is 139 Å². The summed E-state index contributed by atoms with van der Waals surface area (Å²) in [6.07, 6.45) is 3.76. The number of aromatic nitrogens is 2. The van der Waals surface area contributed by atoms with Gasteiger partial charge in [-0.25, -0.2) is 9.97 Å². The number of hydrogen-bond donors (Lipinski definition) is 1. The molecule has 0 aromatic carbocycles. The Balaban J connectivity index is 1.77. The molecule has 0 bridgehead atoms. The average molecular weight is 332 g/mol. The predicted octanol–water partition coefficient (Wildman–Crippen LogP) is 2.90. The first kappa shape index (κ1) is 15.9. The number of nitrogens with zero attached hydrogens (tertiary/aromatic N) is 3. The lowest BCUT2D eigenvalue weighted by molar-refractivity contribution is -0.136. The van der Waals surface area contributed by atoms with Crippen LogP contribution in [0.4, 0.5) is 10.9 Å². The van der Waals surface area contributed by atoms with Crippen molar-refractivity contribution in [3.8, 4) is 0 Å². The van der Waals surface area contributed by atoms with E-state index in [0.29, 0.717) is 0 Å². The van der Waals surface area contributed by atoms with E-state index in [0.717, 1.165) is 40.9 Å². The predicted molar refractivity (Wildman–Crippen MR) is 89.9 cm³/mol. The quantitative estimate of drug-likeness (QED) is 0.912. The van der Waals surface area contributed by atoms with Crippen LogP contribution in [0.5, 0.6) is 0 Å². The maximum atomic E-state index is 12.2. The standard InChI is InChI=1S/C16H20N4O2S/c1-11-9-17-16(23-11)19-14-7-3-5-12(18-14)13-6-4-8-20(13)15(21)10-22-2/h3,5,7,9,13H,4,6,8,10H2,1-2H3,(H,17,18,19)/t13-/m1/s1. The molecule has 3 rings (SSSR count). The molecule has 1 atom stereocenters. The number of carbonyl (C=O) groups is 1. The molecule has 0 unspecified atom stereocenters. The SMILES string of the molecule is COCC(=O)N1CCC[C@@H]1c1cccc(Nc2ncc(C)s2)n1. The summed E-state index contributed by atoms with van der Waals surface area (Å²) < 4.78 is 4.97. The summed E-state index contributed by atoms with van der Waals surface area (Å²) in [5, 5.41) is 4.05. The molecule has 1 N–H and O–H groups in total. The Bertz CT molecular complexity index is 688. The number of carbonyl (C=O) groups excluding carboxylic acids is 1. The summed E-state index contributed by atoms with van der Waals surface area (Å²) >= 11 is 1.59. The van der Waals surface area contributed by atoms with Crippen molar-refractivity contribution in [2.75, 3.05) is 25.6 Å². The fourth-order valence-electron chi connectivity index (χ4n) is 2.81. The fraction of sp³-hybridized carbons (Fsp3) is 0.438. The van der Waals surface area contributed by atoms with Gasteiger partial charge >= 0.3 is 0 Å². The molecule has 0 radical (unpaired) electrons. The summed E-state index contributed by atoms with van der Waals surface area (Å²) in [6, 6.07) is 5.87.